The molecule has 20 heavy (non-hydrogen) atoms. The van der Waals surface area contributed by atoms with Crippen molar-refractivity contribution >= 4 is 29.1 Å². The number of nitro groups is 1. The molecule has 0 radical (unpaired) electrons. The van der Waals surface area contributed by atoms with Crippen LogP contribution in [0.15, 0.2) is 54.6 Å². The quantitative estimate of drug-likeness (QED) is 0.367. The Morgan fingerprint density at radius 3 is 2.40 bits per heavy atom. The number of nitrogens with zero attached hydrogens (tertiary/aromatic N) is 1. The summed E-state index contributed by atoms with van der Waals surface area (Å²) in [6.45, 7) is 0. The summed E-state index contributed by atoms with van der Waals surface area (Å²) in [6.07, 6.45) is 2.90. The van der Waals surface area contributed by atoms with Crippen molar-refractivity contribution in [3.8, 4) is 0 Å². The van der Waals surface area contributed by atoms with Crippen molar-refractivity contribution in [1.29, 1.82) is 0 Å². The minimum Gasteiger partial charge on any atom is -0.289 e. The molecular weight excluding hydrogens is 278 g/mol. The molecule has 0 aliphatic carbocycles. The number of ketones is 1. The van der Waals surface area contributed by atoms with Gasteiger partial charge in [0.15, 0.2) is 5.78 Å². The van der Waals surface area contributed by atoms with Crippen LogP contribution in [0.25, 0.3) is 6.08 Å². The molecule has 100 valence electrons. The van der Waals surface area contributed by atoms with E-state index in [1.807, 2.05) is 0 Å². The largest absolute Gasteiger partial charge is 0.289 e. The van der Waals surface area contributed by atoms with Crippen molar-refractivity contribution in [3.05, 3.63) is 80.9 Å². The van der Waals surface area contributed by atoms with Crippen LogP contribution < -0.4 is 0 Å². The first-order valence-electron chi connectivity index (χ1n) is 5.79. The van der Waals surface area contributed by atoms with Gasteiger partial charge in [-0.25, -0.2) is 0 Å². The lowest BCUT2D eigenvalue weighted by Crippen LogP contribution is -2.00. The molecule has 5 heteroatoms. The van der Waals surface area contributed by atoms with E-state index >= 15 is 0 Å². The molecule has 0 amide bonds. The molecule has 0 spiro atoms. The van der Waals surface area contributed by atoms with Gasteiger partial charge in [0.05, 0.1) is 10.5 Å². The molecule has 2 aromatic carbocycles. The third-order valence-corrected chi connectivity index (χ3v) is 2.92. The summed E-state index contributed by atoms with van der Waals surface area (Å²) in [5.41, 5.74) is 0.669. The lowest BCUT2D eigenvalue weighted by atomic mass is 10.1. The second kappa shape index (κ2) is 6.12. The van der Waals surface area contributed by atoms with Crippen molar-refractivity contribution in [2.75, 3.05) is 0 Å². The number of halogens is 1. The van der Waals surface area contributed by atoms with Crippen LogP contribution >= 0.6 is 11.6 Å². The molecule has 0 atom stereocenters. The number of carbonyl (C=O) groups excluding carboxylic acids is 1. The standard InChI is InChI=1S/C15H10ClNO3/c16-12-8-5-11(6-9-12)7-10-15(18)13-3-1-2-4-14(13)17(19)20/h1-10H/b10-7+. The molecule has 0 saturated heterocycles. The van der Waals surface area contributed by atoms with Gasteiger partial charge in [0.25, 0.3) is 5.69 Å². The van der Waals surface area contributed by atoms with E-state index in [0.29, 0.717) is 5.02 Å². The monoisotopic (exact) mass is 287 g/mol. The molecule has 0 heterocycles. The number of hydrogen-bond donors (Lipinski definition) is 0. The first kappa shape index (κ1) is 14.0. The summed E-state index contributed by atoms with van der Waals surface area (Å²) in [7, 11) is 0. The highest BCUT2D eigenvalue weighted by molar-refractivity contribution is 6.30. The third-order valence-electron chi connectivity index (χ3n) is 2.66. The van der Waals surface area contributed by atoms with Gasteiger partial charge >= 0.3 is 0 Å². The fourth-order valence-corrected chi connectivity index (χ4v) is 1.80. The predicted octanol–water partition coefficient (Wildman–Crippen LogP) is 4.14. The fraction of sp³-hybridized carbons (Fsp3) is 0. The van der Waals surface area contributed by atoms with Crippen LogP contribution in [0.3, 0.4) is 0 Å². The molecule has 0 bridgehead atoms. The molecule has 0 aliphatic heterocycles. The Labute approximate surface area is 120 Å². The van der Waals surface area contributed by atoms with Crippen molar-refractivity contribution in [3.63, 3.8) is 0 Å². The average molecular weight is 288 g/mol. The topological polar surface area (TPSA) is 60.2 Å². The molecule has 0 saturated carbocycles. The average Bonchev–Trinajstić information content (AvgIpc) is 2.46. The van der Waals surface area contributed by atoms with E-state index in [1.165, 1.54) is 24.3 Å². The van der Waals surface area contributed by atoms with Crippen molar-refractivity contribution in [2.45, 2.75) is 0 Å². The second-order valence-electron chi connectivity index (χ2n) is 4.02. The maximum Gasteiger partial charge on any atom is 0.280 e. The van der Waals surface area contributed by atoms with Crippen molar-refractivity contribution in [1.82, 2.24) is 0 Å². The van der Waals surface area contributed by atoms with Crippen LogP contribution in [0.5, 0.6) is 0 Å². The van der Waals surface area contributed by atoms with Gasteiger partial charge in [-0.3, -0.25) is 14.9 Å². The summed E-state index contributed by atoms with van der Waals surface area (Å²) >= 11 is 5.76. The molecule has 4 nitrogen and oxygen atoms in total. The van der Waals surface area contributed by atoms with Gasteiger partial charge in [0, 0.05) is 11.1 Å². The highest BCUT2D eigenvalue weighted by Gasteiger charge is 2.16. The number of benzene rings is 2. The molecule has 0 N–H and O–H groups in total. The first-order valence-corrected chi connectivity index (χ1v) is 6.17. The third kappa shape index (κ3) is 3.30. The molecule has 2 aromatic rings. The normalized spacial score (nSPS) is 10.7. The van der Waals surface area contributed by atoms with Gasteiger partial charge in [0.2, 0.25) is 0 Å². The second-order valence-corrected chi connectivity index (χ2v) is 4.46. The van der Waals surface area contributed by atoms with E-state index < -0.39 is 10.7 Å². The van der Waals surface area contributed by atoms with Gasteiger partial charge in [-0.2, -0.15) is 0 Å². The summed E-state index contributed by atoms with van der Waals surface area (Å²) in [6, 6.07) is 12.8. The van der Waals surface area contributed by atoms with E-state index in [4.69, 9.17) is 11.6 Å². The molecule has 0 aliphatic rings. The number of para-hydroxylation sites is 1. The van der Waals surface area contributed by atoms with E-state index in [1.54, 1.807) is 36.4 Å². The van der Waals surface area contributed by atoms with E-state index in [9.17, 15) is 14.9 Å². The summed E-state index contributed by atoms with van der Waals surface area (Å²) in [5.74, 6) is -0.410. The lowest BCUT2D eigenvalue weighted by molar-refractivity contribution is -0.385. The van der Waals surface area contributed by atoms with Crippen LogP contribution in [0.4, 0.5) is 5.69 Å². The highest BCUT2D eigenvalue weighted by Crippen LogP contribution is 2.19. The molecule has 0 unspecified atom stereocenters. The van der Waals surface area contributed by atoms with Crippen molar-refractivity contribution in [2.24, 2.45) is 0 Å². The lowest BCUT2D eigenvalue weighted by Gasteiger charge is -1.98. The molecular formula is C15H10ClNO3. The Bertz CT molecular complexity index is 678. The fourth-order valence-electron chi connectivity index (χ4n) is 1.68. The zero-order valence-corrected chi connectivity index (χ0v) is 11.1. The zero-order valence-electron chi connectivity index (χ0n) is 10.3. The summed E-state index contributed by atoms with van der Waals surface area (Å²) < 4.78 is 0. The van der Waals surface area contributed by atoms with E-state index in [2.05, 4.69) is 0 Å². The smallest absolute Gasteiger partial charge is 0.280 e. The van der Waals surface area contributed by atoms with Crippen LogP contribution in [-0.2, 0) is 0 Å². The van der Waals surface area contributed by atoms with Crippen LogP contribution in [0, 0.1) is 10.1 Å². The Morgan fingerprint density at radius 1 is 1.10 bits per heavy atom. The van der Waals surface area contributed by atoms with Gasteiger partial charge in [-0.05, 0) is 29.8 Å². The number of hydrogen-bond acceptors (Lipinski definition) is 3. The predicted molar refractivity (Wildman–Crippen MR) is 77.9 cm³/mol. The van der Waals surface area contributed by atoms with Gasteiger partial charge in [-0.15, -0.1) is 0 Å². The Morgan fingerprint density at radius 2 is 1.75 bits per heavy atom. The minimum atomic E-state index is -0.566. The SMILES string of the molecule is O=C(/C=C/c1ccc(Cl)cc1)c1ccccc1[N+](=O)[O-]. The van der Waals surface area contributed by atoms with E-state index in [0.717, 1.165) is 5.56 Å². The van der Waals surface area contributed by atoms with Gasteiger partial charge in [0.1, 0.15) is 0 Å². The molecule has 0 fully saturated rings. The minimum absolute atomic E-state index is 0.0720. The maximum absolute atomic E-state index is 12.0. The van der Waals surface area contributed by atoms with Crippen LogP contribution in [0.2, 0.25) is 5.02 Å². The zero-order chi connectivity index (χ0) is 14.5. The molecule has 2 rings (SSSR count). The number of carbonyl (C=O) groups is 1. The number of nitro benzene ring substituents is 1. The highest BCUT2D eigenvalue weighted by atomic mass is 35.5. The van der Waals surface area contributed by atoms with Crippen molar-refractivity contribution < 1.29 is 9.72 Å². The Kier molecular flexibility index (Phi) is 4.27. The Hall–Kier alpha value is -2.46. The van der Waals surface area contributed by atoms with Gasteiger partial charge in [-0.1, -0.05) is 41.9 Å². The number of allylic oxidation sites excluding steroid dienone is 1. The molecule has 0 aromatic heterocycles. The Balaban J connectivity index is 2.24. The summed E-state index contributed by atoms with van der Waals surface area (Å²) in [5, 5.41) is 11.5. The maximum atomic E-state index is 12.0. The van der Waals surface area contributed by atoms with Crippen LogP contribution in [-0.4, -0.2) is 10.7 Å². The van der Waals surface area contributed by atoms with Gasteiger partial charge < -0.3 is 0 Å². The first-order chi connectivity index (χ1) is 9.58. The van der Waals surface area contributed by atoms with Crippen LogP contribution in [0.1, 0.15) is 15.9 Å². The van der Waals surface area contributed by atoms with E-state index in [-0.39, 0.29) is 11.3 Å². The number of rotatable bonds is 4. The summed E-state index contributed by atoms with van der Waals surface area (Å²) in [4.78, 5) is 22.3.